The van der Waals surface area contributed by atoms with Gasteiger partial charge in [-0.25, -0.2) is 0 Å². The van der Waals surface area contributed by atoms with Crippen LogP contribution < -0.4 is 0 Å². The molecule has 0 rings (SSSR count). The fourth-order valence-electron chi connectivity index (χ4n) is 7.90. The number of carbonyl (C=O) groups is 3. The molecule has 376 valence electrons. The molecule has 6 nitrogen and oxygen atoms in total. The van der Waals surface area contributed by atoms with Gasteiger partial charge in [0.2, 0.25) is 0 Å². The highest BCUT2D eigenvalue weighted by Crippen LogP contribution is 2.16. The summed E-state index contributed by atoms with van der Waals surface area (Å²) in [5, 5.41) is 0. The molecule has 0 aromatic rings. The van der Waals surface area contributed by atoms with Crippen LogP contribution in [0.15, 0.2) is 60.8 Å². The fourth-order valence-corrected chi connectivity index (χ4v) is 7.90. The lowest BCUT2D eigenvalue weighted by atomic mass is 10.0. The molecule has 0 aliphatic carbocycles. The Morgan fingerprint density at radius 3 is 0.938 bits per heavy atom. The zero-order valence-electron chi connectivity index (χ0n) is 43.0. The summed E-state index contributed by atoms with van der Waals surface area (Å²) in [4.78, 5) is 38.1. The first-order valence-corrected chi connectivity index (χ1v) is 27.8. The van der Waals surface area contributed by atoms with Crippen LogP contribution in [0.25, 0.3) is 0 Å². The van der Waals surface area contributed by atoms with Crippen LogP contribution in [-0.2, 0) is 28.6 Å². The highest BCUT2D eigenvalue weighted by Gasteiger charge is 2.19. The number of ether oxygens (including phenoxy) is 3. The summed E-state index contributed by atoms with van der Waals surface area (Å²) in [6.45, 7) is 6.50. The van der Waals surface area contributed by atoms with Crippen LogP contribution in [0.4, 0.5) is 0 Å². The summed E-state index contributed by atoms with van der Waals surface area (Å²) in [6.07, 6.45) is 66.3. The highest BCUT2D eigenvalue weighted by molar-refractivity contribution is 5.71. The minimum atomic E-state index is -0.785. The van der Waals surface area contributed by atoms with Gasteiger partial charge in [0.15, 0.2) is 6.10 Å². The van der Waals surface area contributed by atoms with E-state index < -0.39 is 6.10 Å². The van der Waals surface area contributed by atoms with Crippen molar-refractivity contribution in [2.24, 2.45) is 0 Å². The first kappa shape index (κ1) is 62.1. The monoisotopic (exact) mass is 909 g/mol. The van der Waals surface area contributed by atoms with Gasteiger partial charge in [-0.15, -0.1) is 0 Å². The smallest absolute Gasteiger partial charge is 0.306 e. The van der Waals surface area contributed by atoms with Gasteiger partial charge < -0.3 is 14.2 Å². The summed E-state index contributed by atoms with van der Waals surface area (Å²) >= 11 is 0. The molecule has 0 radical (unpaired) electrons. The molecule has 0 saturated heterocycles. The van der Waals surface area contributed by atoms with Crippen LogP contribution >= 0.6 is 0 Å². The van der Waals surface area contributed by atoms with Crippen molar-refractivity contribution in [2.45, 2.75) is 284 Å². The van der Waals surface area contributed by atoms with Crippen LogP contribution in [0.3, 0.4) is 0 Å². The second kappa shape index (κ2) is 53.7. The van der Waals surface area contributed by atoms with Gasteiger partial charge in [-0.05, 0) is 64.2 Å². The maximum Gasteiger partial charge on any atom is 0.306 e. The van der Waals surface area contributed by atoms with Gasteiger partial charge in [0.25, 0.3) is 0 Å². The molecule has 0 bridgehead atoms. The second-order valence-corrected chi connectivity index (χ2v) is 18.6. The Morgan fingerprint density at radius 1 is 0.323 bits per heavy atom. The number of esters is 3. The standard InChI is InChI=1S/C59H104O6/c1-4-7-10-13-16-19-22-25-28-29-30-32-34-37-40-43-46-49-52-58(61)64-55-56(54-63-57(60)51-48-45-42-39-36-33-27-24-21-18-15-12-9-6-3)65-59(62)53-50-47-44-41-38-35-31-26-23-20-17-14-11-8-5-2/h8,11,14,17,20,23,28-30,32,56H,4-7,9-10,12-13,15-16,18-19,21-22,24-27,31,33-55H2,1-3H3/b11-8-,17-14-,23-20-,29-28-,32-30-. The molecule has 0 fully saturated rings. The lowest BCUT2D eigenvalue weighted by molar-refractivity contribution is -0.167. The highest BCUT2D eigenvalue weighted by atomic mass is 16.6. The first-order chi connectivity index (χ1) is 32.0. The van der Waals surface area contributed by atoms with Gasteiger partial charge in [-0.1, -0.05) is 255 Å². The van der Waals surface area contributed by atoms with Crippen LogP contribution in [0.1, 0.15) is 278 Å². The van der Waals surface area contributed by atoms with E-state index in [4.69, 9.17) is 14.2 Å². The number of carbonyl (C=O) groups excluding carboxylic acids is 3. The van der Waals surface area contributed by atoms with Gasteiger partial charge in [0, 0.05) is 19.3 Å². The predicted molar refractivity (Wildman–Crippen MR) is 279 cm³/mol. The molecule has 1 unspecified atom stereocenters. The van der Waals surface area contributed by atoms with E-state index in [0.717, 1.165) is 89.9 Å². The van der Waals surface area contributed by atoms with Crippen LogP contribution in [0, 0.1) is 0 Å². The molecule has 0 amide bonds. The van der Waals surface area contributed by atoms with Crippen molar-refractivity contribution in [2.75, 3.05) is 13.2 Å². The number of hydrogen-bond donors (Lipinski definition) is 0. The quantitative estimate of drug-likeness (QED) is 0.0262. The zero-order valence-corrected chi connectivity index (χ0v) is 43.0. The molecule has 0 aromatic heterocycles. The van der Waals surface area contributed by atoms with E-state index >= 15 is 0 Å². The average molecular weight is 909 g/mol. The van der Waals surface area contributed by atoms with E-state index in [0.29, 0.717) is 19.3 Å². The van der Waals surface area contributed by atoms with Crippen molar-refractivity contribution in [3.8, 4) is 0 Å². The molecule has 0 heterocycles. The van der Waals surface area contributed by atoms with Gasteiger partial charge >= 0.3 is 17.9 Å². The maximum absolute atomic E-state index is 12.8. The summed E-state index contributed by atoms with van der Waals surface area (Å²) in [5.41, 5.74) is 0. The molecular weight excluding hydrogens is 805 g/mol. The lowest BCUT2D eigenvalue weighted by Gasteiger charge is -2.18. The minimum absolute atomic E-state index is 0.0821. The molecule has 6 heteroatoms. The largest absolute Gasteiger partial charge is 0.462 e. The SMILES string of the molecule is CC\C=C/C=C\C=C/CCCCCCCCCC(=O)OC(COC(=O)CCCCCCC/C=C\C=C/CCCCCCCCC)COC(=O)CCCCCCCCCCCCCCCC. The number of hydrogen-bond acceptors (Lipinski definition) is 6. The molecule has 0 aromatic carbocycles. The fraction of sp³-hybridized carbons (Fsp3) is 0.780. The third-order valence-corrected chi connectivity index (χ3v) is 12.1. The minimum Gasteiger partial charge on any atom is -0.462 e. The predicted octanol–water partition coefficient (Wildman–Crippen LogP) is 18.4. The van der Waals surface area contributed by atoms with E-state index in [1.165, 1.54) is 148 Å². The zero-order chi connectivity index (χ0) is 47.2. The van der Waals surface area contributed by atoms with Crippen molar-refractivity contribution >= 4 is 17.9 Å². The van der Waals surface area contributed by atoms with Gasteiger partial charge in [0.1, 0.15) is 13.2 Å². The Balaban J connectivity index is 4.40. The number of allylic oxidation sites excluding steroid dienone is 10. The summed E-state index contributed by atoms with van der Waals surface area (Å²) in [7, 11) is 0. The normalized spacial score (nSPS) is 12.5. The second-order valence-electron chi connectivity index (χ2n) is 18.6. The molecule has 0 spiro atoms. The Kier molecular flexibility index (Phi) is 51.3. The van der Waals surface area contributed by atoms with Gasteiger partial charge in [0.05, 0.1) is 0 Å². The van der Waals surface area contributed by atoms with Crippen molar-refractivity contribution < 1.29 is 28.6 Å². The summed E-state index contributed by atoms with van der Waals surface area (Å²) in [6, 6.07) is 0. The van der Waals surface area contributed by atoms with E-state index in [1.807, 2.05) is 0 Å². The number of unbranched alkanes of at least 4 members (excludes halogenated alkanes) is 32. The molecule has 0 aliphatic rings. The van der Waals surface area contributed by atoms with Crippen molar-refractivity contribution in [3.05, 3.63) is 60.8 Å². The van der Waals surface area contributed by atoms with E-state index in [2.05, 4.69) is 81.5 Å². The van der Waals surface area contributed by atoms with Gasteiger partial charge in [-0.3, -0.25) is 14.4 Å². The van der Waals surface area contributed by atoms with Crippen LogP contribution in [-0.4, -0.2) is 37.2 Å². The van der Waals surface area contributed by atoms with Gasteiger partial charge in [-0.2, -0.15) is 0 Å². The van der Waals surface area contributed by atoms with Crippen LogP contribution in [0.5, 0.6) is 0 Å². The van der Waals surface area contributed by atoms with E-state index in [9.17, 15) is 14.4 Å². The first-order valence-electron chi connectivity index (χ1n) is 27.8. The Bertz CT molecular complexity index is 1180. The lowest BCUT2D eigenvalue weighted by Crippen LogP contribution is -2.30. The topological polar surface area (TPSA) is 78.9 Å². The van der Waals surface area contributed by atoms with Crippen molar-refractivity contribution in [1.29, 1.82) is 0 Å². The molecule has 1 atom stereocenters. The third-order valence-electron chi connectivity index (χ3n) is 12.1. The molecule has 0 saturated carbocycles. The van der Waals surface area contributed by atoms with Crippen molar-refractivity contribution in [1.82, 2.24) is 0 Å². The number of rotatable bonds is 50. The van der Waals surface area contributed by atoms with Crippen LogP contribution in [0.2, 0.25) is 0 Å². The third kappa shape index (κ3) is 51.9. The Hall–Kier alpha value is -2.89. The molecule has 0 aliphatic heterocycles. The maximum atomic E-state index is 12.8. The van der Waals surface area contributed by atoms with E-state index in [-0.39, 0.29) is 31.1 Å². The average Bonchev–Trinajstić information content (AvgIpc) is 3.30. The molecule has 0 N–H and O–H groups in total. The summed E-state index contributed by atoms with van der Waals surface area (Å²) < 4.78 is 16.8. The Morgan fingerprint density at radius 2 is 0.600 bits per heavy atom. The van der Waals surface area contributed by atoms with Crippen molar-refractivity contribution in [3.63, 3.8) is 0 Å². The summed E-state index contributed by atoms with van der Waals surface area (Å²) in [5.74, 6) is -0.900. The van der Waals surface area contributed by atoms with E-state index in [1.54, 1.807) is 0 Å². The molecule has 65 heavy (non-hydrogen) atoms. The Labute approximate surface area is 402 Å². The molecular formula is C59H104O6.